The minimum atomic E-state index is -0.391. The fourth-order valence-corrected chi connectivity index (χ4v) is 2.40. The van der Waals surface area contributed by atoms with Crippen molar-refractivity contribution in [2.45, 2.75) is 26.4 Å². The molecule has 5 nitrogen and oxygen atoms in total. The molecule has 2 aromatic rings. The van der Waals surface area contributed by atoms with E-state index in [0.717, 1.165) is 16.3 Å². The van der Waals surface area contributed by atoms with Crippen LogP contribution in [0.15, 0.2) is 29.6 Å². The van der Waals surface area contributed by atoms with E-state index in [2.05, 4.69) is 24.1 Å². The Morgan fingerprint density at radius 2 is 2.26 bits per heavy atom. The van der Waals surface area contributed by atoms with Gasteiger partial charge in [0.1, 0.15) is 5.01 Å². The third kappa shape index (κ3) is 3.59. The summed E-state index contributed by atoms with van der Waals surface area (Å²) >= 11 is 1.50. The first-order valence-corrected chi connectivity index (χ1v) is 6.87. The summed E-state index contributed by atoms with van der Waals surface area (Å²) in [5, 5.41) is 16.8. The van der Waals surface area contributed by atoms with E-state index in [1.165, 1.54) is 17.4 Å². The van der Waals surface area contributed by atoms with Crippen molar-refractivity contribution in [3.63, 3.8) is 0 Å². The number of nitrogens with one attached hydrogen (secondary N) is 1. The van der Waals surface area contributed by atoms with Crippen LogP contribution in [0.3, 0.4) is 0 Å². The Hall–Kier alpha value is -1.79. The molecule has 0 bridgehead atoms. The number of hydrogen-bond acceptors (Lipinski definition) is 5. The van der Waals surface area contributed by atoms with E-state index in [9.17, 15) is 10.1 Å². The lowest BCUT2D eigenvalue weighted by atomic mass is 10.2. The highest BCUT2D eigenvalue weighted by Crippen LogP contribution is 2.26. The highest BCUT2D eigenvalue weighted by atomic mass is 32.1. The van der Waals surface area contributed by atoms with Crippen molar-refractivity contribution in [2.75, 3.05) is 0 Å². The molecule has 0 saturated carbocycles. The topological polar surface area (TPSA) is 68.1 Å². The number of hydrogen-bond donors (Lipinski definition) is 1. The first kappa shape index (κ1) is 13.6. The molecule has 1 N–H and O–H groups in total. The van der Waals surface area contributed by atoms with Gasteiger partial charge in [0.25, 0.3) is 5.69 Å². The van der Waals surface area contributed by atoms with Gasteiger partial charge in [0.15, 0.2) is 0 Å². The van der Waals surface area contributed by atoms with Crippen LogP contribution in [-0.2, 0) is 6.54 Å². The van der Waals surface area contributed by atoms with Gasteiger partial charge in [-0.15, -0.1) is 11.3 Å². The molecule has 0 aliphatic carbocycles. The number of nitro benzene ring substituents is 1. The van der Waals surface area contributed by atoms with Gasteiger partial charge >= 0.3 is 0 Å². The van der Waals surface area contributed by atoms with Gasteiger partial charge in [-0.25, -0.2) is 4.98 Å². The molecule has 0 aliphatic heterocycles. The summed E-state index contributed by atoms with van der Waals surface area (Å²) in [6.45, 7) is 4.87. The van der Waals surface area contributed by atoms with Crippen molar-refractivity contribution < 1.29 is 4.92 Å². The third-order valence-corrected chi connectivity index (χ3v) is 3.49. The van der Waals surface area contributed by atoms with Crippen LogP contribution in [0.2, 0.25) is 0 Å². The first-order chi connectivity index (χ1) is 9.06. The summed E-state index contributed by atoms with van der Waals surface area (Å²) in [6, 6.07) is 6.96. The van der Waals surface area contributed by atoms with Crippen LogP contribution in [-0.4, -0.2) is 15.9 Å². The van der Waals surface area contributed by atoms with Gasteiger partial charge in [0.2, 0.25) is 0 Å². The first-order valence-electron chi connectivity index (χ1n) is 5.99. The van der Waals surface area contributed by atoms with E-state index in [1.54, 1.807) is 12.1 Å². The van der Waals surface area contributed by atoms with Crippen molar-refractivity contribution in [3.8, 4) is 10.6 Å². The lowest BCUT2D eigenvalue weighted by molar-refractivity contribution is -0.384. The summed E-state index contributed by atoms with van der Waals surface area (Å²) in [6.07, 6.45) is 0. The summed E-state index contributed by atoms with van der Waals surface area (Å²) in [5.41, 5.74) is 1.84. The number of benzene rings is 1. The molecule has 6 heteroatoms. The standard InChI is InChI=1S/C13H15N3O2S/c1-9(2)14-7-11-8-19-13(15-11)10-4-3-5-12(6-10)16(17)18/h3-6,8-9,14H,7H2,1-2H3. The van der Waals surface area contributed by atoms with Crippen LogP contribution >= 0.6 is 11.3 Å². The van der Waals surface area contributed by atoms with E-state index < -0.39 is 4.92 Å². The lowest BCUT2D eigenvalue weighted by Crippen LogP contribution is -2.21. The number of nitrogens with zero attached hydrogens (tertiary/aromatic N) is 2. The maximum atomic E-state index is 10.7. The molecule has 0 atom stereocenters. The average Bonchev–Trinajstić information content (AvgIpc) is 2.85. The molecular weight excluding hydrogens is 262 g/mol. The average molecular weight is 277 g/mol. The highest BCUT2D eigenvalue weighted by molar-refractivity contribution is 7.13. The molecule has 100 valence electrons. The van der Waals surface area contributed by atoms with E-state index in [4.69, 9.17) is 0 Å². The number of rotatable bonds is 5. The quantitative estimate of drug-likeness (QED) is 0.673. The number of aromatic nitrogens is 1. The molecule has 1 aromatic heterocycles. The zero-order valence-electron chi connectivity index (χ0n) is 10.8. The Morgan fingerprint density at radius 1 is 1.47 bits per heavy atom. The Labute approximate surface area is 115 Å². The van der Waals surface area contributed by atoms with Crippen molar-refractivity contribution in [3.05, 3.63) is 45.5 Å². The van der Waals surface area contributed by atoms with Gasteiger partial charge in [-0.05, 0) is 0 Å². The largest absolute Gasteiger partial charge is 0.309 e. The molecule has 0 fully saturated rings. The molecule has 0 radical (unpaired) electrons. The van der Waals surface area contributed by atoms with Crippen LogP contribution < -0.4 is 5.32 Å². The predicted octanol–water partition coefficient (Wildman–Crippen LogP) is 3.22. The summed E-state index contributed by atoms with van der Waals surface area (Å²) < 4.78 is 0. The maximum absolute atomic E-state index is 10.7. The van der Waals surface area contributed by atoms with Crippen LogP contribution in [0.5, 0.6) is 0 Å². The van der Waals surface area contributed by atoms with Gasteiger partial charge in [-0.1, -0.05) is 26.0 Å². The molecule has 2 rings (SSSR count). The number of nitro groups is 1. The Bertz CT molecular complexity index is 581. The van der Waals surface area contributed by atoms with Gasteiger partial charge in [-0.3, -0.25) is 10.1 Å². The molecule has 0 unspecified atom stereocenters. The van der Waals surface area contributed by atoms with Gasteiger partial charge in [0.05, 0.1) is 10.6 Å². The van der Waals surface area contributed by atoms with Crippen molar-refractivity contribution in [1.29, 1.82) is 0 Å². The minimum absolute atomic E-state index is 0.0922. The highest BCUT2D eigenvalue weighted by Gasteiger charge is 2.10. The Kier molecular flexibility index (Phi) is 4.24. The van der Waals surface area contributed by atoms with Crippen LogP contribution in [0, 0.1) is 10.1 Å². The summed E-state index contributed by atoms with van der Waals surface area (Å²) in [4.78, 5) is 14.8. The number of non-ortho nitro benzene ring substituents is 1. The Morgan fingerprint density at radius 3 is 2.95 bits per heavy atom. The van der Waals surface area contributed by atoms with E-state index in [-0.39, 0.29) is 5.69 Å². The molecule has 0 aliphatic rings. The van der Waals surface area contributed by atoms with Gasteiger partial charge in [-0.2, -0.15) is 0 Å². The van der Waals surface area contributed by atoms with Crippen molar-refractivity contribution in [1.82, 2.24) is 10.3 Å². The van der Waals surface area contributed by atoms with Gasteiger partial charge < -0.3 is 5.32 Å². The van der Waals surface area contributed by atoms with Crippen molar-refractivity contribution >= 4 is 17.0 Å². The van der Waals surface area contributed by atoms with Crippen LogP contribution in [0.1, 0.15) is 19.5 Å². The second kappa shape index (κ2) is 5.90. The normalized spacial score (nSPS) is 10.9. The Balaban J connectivity index is 2.18. The lowest BCUT2D eigenvalue weighted by Gasteiger charge is -2.04. The molecular formula is C13H15N3O2S. The molecule has 0 amide bonds. The molecule has 0 saturated heterocycles. The second-order valence-corrected chi connectivity index (χ2v) is 5.35. The SMILES string of the molecule is CC(C)NCc1csc(-c2cccc([N+](=O)[O-])c2)n1. The fourth-order valence-electron chi connectivity index (χ4n) is 1.58. The smallest absolute Gasteiger partial charge is 0.270 e. The summed E-state index contributed by atoms with van der Waals surface area (Å²) in [5.74, 6) is 0. The second-order valence-electron chi connectivity index (χ2n) is 4.49. The molecule has 0 spiro atoms. The van der Waals surface area contributed by atoms with Gasteiger partial charge in [0, 0.05) is 35.7 Å². The van der Waals surface area contributed by atoms with Crippen LogP contribution in [0.4, 0.5) is 5.69 Å². The predicted molar refractivity (Wildman–Crippen MR) is 76.2 cm³/mol. The third-order valence-electron chi connectivity index (χ3n) is 2.55. The maximum Gasteiger partial charge on any atom is 0.270 e. The zero-order chi connectivity index (χ0) is 13.8. The van der Waals surface area contributed by atoms with Crippen molar-refractivity contribution in [2.24, 2.45) is 0 Å². The zero-order valence-corrected chi connectivity index (χ0v) is 11.6. The fraction of sp³-hybridized carbons (Fsp3) is 0.308. The van der Waals surface area contributed by atoms with Crippen LogP contribution in [0.25, 0.3) is 10.6 Å². The monoisotopic (exact) mass is 277 g/mol. The number of thiazole rings is 1. The summed E-state index contributed by atoms with van der Waals surface area (Å²) in [7, 11) is 0. The van der Waals surface area contributed by atoms with E-state index in [1.807, 2.05) is 11.4 Å². The molecule has 1 heterocycles. The molecule has 19 heavy (non-hydrogen) atoms. The minimum Gasteiger partial charge on any atom is -0.309 e. The molecule has 1 aromatic carbocycles. The van der Waals surface area contributed by atoms with E-state index >= 15 is 0 Å². The van der Waals surface area contributed by atoms with E-state index in [0.29, 0.717) is 12.6 Å².